The maximum Gasteiger partial charge on any atom is 0.179 e. The quantitative estimate of drug-likeness (QED) is 0.701. The van der Waals surface area contributed by atoms with Gasteiger partial charge in [-0.25, -0.2) is 4.98 Å². The lowest BCUT2D eigenvalue weighted by molar-refractivity contribution is 0.857. The Bertz CT molecular complexity index is 425. The molecule has 0 aliphatic heterocycles. The summed E-state index contributed by atoms with van der Waals surface area (Å²) in [6, 6.07) is 0. The maximum absolute atomic E-state index is 4.18. The summed E-state index contributed by atoms with van der Waals surface area (Å²) in [7, 11) is 1.95. The SMILES string of the molecule is Cc1nnc(-c2cnc(C)n2C)[nH]1. The highest BCUT2D eigenvalue weighted by atomic mass is 15.2. The maximum atomic E-state index is 4.18. The van der Waals surface area contributed by atoms with Crippen molar-refractivity contribution in [3.05, 3.63) is 17.8 Å². The minimum Gasteiger partial charge on any atom is -0.329 e. The molecule has 0 amide bonds. The average molecular weight is 177 g/mol. The van der Waals surface area contributed by atoms with E-state index in [-0.39, 0.29) is 0 Å². The number of aromatic amines is 1. The van der Waals surface area contributed by atoms with E-state index in [0.717, 1.165) is 23.2 Å². The zero-order valence-corrected chi connectivity index (χ0v) is 7.87. The largest absolute Gasteiger partial charge is 0.329 e. The molecule has 0 saturated carbocycles. The number of hydrogen-bond acceptors (Lipinski definition) is 3. The van der Waals surface area contributed by atoms with Crippen LogP contribution in [0.5, 0.6) is 0 Å². The molecule has 2 aromatic heterocycles. The Morgan fingerprint density at radius 3 is 2.54 bits per heavy atom. The zero-order valence-electron chi connectivity index (χ0n) is 7.87. The third-order valence-corrected chi connectivity index (χ3v) is 2.06. The van der Waals surface area contributed by atoms with Crippen molar-refractivity contribution in [3.8, 4) is 11.5 Å². The molecule has 0 saturated heterocycles. The van der Waals surface area contributed by atoms with Crippen LogP contribution in [0.2, 0.25) is 0 Å². The van der Waals surface area contributed by atoms with Crippen molar-refractivity contribution in [2.24, 2.45) is 7.05 Å². The summed E-state index contributed by atoms with van der Waals surface area (Å²) < 4.78 is 1.97. The van der Waals surface area contributed by atoms with Crippen LogP contribution in [-0.4, -0.2) is 24.7 Å². The van der Waals surface area contributed by atoms with Gasteiger partial charge < -0.3 is 9.55 Å². The topological polar surface area (TPSA) is 59.4 Å². The highest BCUT2D eigenvalue weighted by Crippen LogP contribution is 2.14. The van der Waals surface area contributed by atoms with Gasteiger partial charge in [-0.1, -0.05) is 0 Å². The van der Waals surface area contributed by atoms with Gasteiger partial charge in [-0.2, -0.15) is 0 Å². The highest BCUT2D eigenvalue weighted by molar-refractivity contribution is 5.48. The molecular formula is C8H11N5. The van der Waals surface area contributed by atoms with Crippen molar-refractivity contribution in [2.45, 2.75) is 13.8 Å². The number of imidazole rings is 1. The van der Waals surface area contributed by atoms with Crippen LogP contribution in [0.1, 0.15) is 11.6 Å². The highest BCUT2D eigenvalue weighted by Gasteiger charge is 2.08. The Morgan fingerprint density at radius 1 is 1.31 bits per heavy atom. The van der Waals surface area contributed by atoms with Crippen LogP contribution in [0.15, 0.2) is 6.20 Å². The van der Waals surface area contributed by atoms with E-state index >= 15 is 0 Å². The van der Waals surface area contributed by atoms with Crippen molar-refractivity contribution in [1.82, 2.24) is 24.7 Å². The van der Waals surface area contributed by atoms with Gasteiger partial charge >= 0.3 is 0 Å². The van der Waals surface area contributed by atoms with Crippen LogP contribution in [-0.2, 0) is 7.05 Å². The van der Waals surface area contributed by atoms with Crippen molar-refractivity contribution in [2.75, 3.05) is 0 Å². The summed E-state index contributed by atoms with van der Waals surface area (Å²) in [5.74, 6) is 2.54. The van der Waals surface area contributed by atoms with Gasteiger partial charge in [0, 0.05) is 7.05 Å². The van der Waals surface area contributed by atoms with Gasteiger partial charge in [-0.15, -0.1) is 10.2 Å². The minimum absolute atomic E-state index is 0.764. The molecule has 0 spiro atoms. The standard InChI is InChI=1S/C8H11N5/c1-5-10-8(12-11-5)7-4-9-6(2)13(7)3/h4H,1-3H3,(H,10,11,12). The molecule has 1 N–H and O–H groups in total. The lowest BCUT2D eigenvalue weighted by Gasteiger charge is -1.98. The average Bonchev–Trinajstić information content (AvgIpc) is 2.62. The number of aryl methyl sites for hydroxylation is 2. The van der Waals surface area contributed by atoms with E-state index in [1.54, 1.807) is 6.20 Å². The van der Waals surface area contributed by atoms with Gasteiger partial charge in [0.2, 0.25) is 0 Å². The van der Waals surface area contributed by atoms with Gasteiger partial charge in [0.25, 0.3) is 0 Å². The molecule has 0 aliphatic carbocycles. The van der Waals surface area contributed by atoms with Gasteiger partial charge in [-0.05, 0) is 13.8 Å². The van der Waals surface area contributed by atoms with Crippen LogP contribution in [0.4, 0.5) is 0 Å². The molecule has 5 heteroatoms. The van der Waals surface area contributed by atoms with E-state index in [9.17, 15) is 0 Å². The van der Waals surface area contributed by atoms with Crippen LogP contribution in [0.3, 0.4) is 0 Å². The number of hydrogen-bond donors (Lipinski definition) is 1. The van der Waals surface area contributed by atoms with Crippen molar-refractivity contribution in [3.63, 3.8) is 0 Å². The molecule has 0 radical (unpaired) electrons. The van der Waals surface area contributed by atoms with E-state index in [4.69, 9.17) is 0 Å². The monoisotopic (exact) mass is 177 g/mol. The Balaban J connectivity index is 2.52. The number of rotatable bonds is 1. The summed E-state index contributed by atoms with van der Waals surface area (Å²) >= 11 is 0. The molecule has 0 bridgehead atoms. The Kier molecular flexibility index (Phi) is 1.65. The lowest BCUT2D eigenvalue weighted by Crippen LogP contribution is -1.95. The molecule has 68 valence electrons. The Hall–Kier alpha value is -1.65. The molecule has 0 unspecified atom stereocenters. The van der Waals surface area contributed by atoms with Crippen LogP contribution < -0.4 is 0 Å². The molecule has 2 rings (SSSR count). The van der Waals surface area contributed by atoms with Crippen molar-refractivity contribution in [1.29, 1.82) is 0 Å². The summed E-state index contributed by atoms with van der Waals surface area (Å²) in [5.41, 5.74) is 0.957. The third kappa shape index (κ3) is 1.22. The summed E-state index contributed by atoms with van der Waals surface area (Å²) in [6.45, 7) is 3.83. The van der Waals surface area contributed by atoms with E-state index in [1.165, 1.54) is 0 Å². The predicted molar refractivity (Wildman–Crippen MR) is 48.1 cm³/mol. The molecule has 0 aromatic carbocycles. The van der Waals surface area contributed by atoms with Crippen LogP contribution in [0.25, 0.3) is 11.5 Å². The number of H-pyrrole nitrogens is 1. The fraction of sp³-hybridized carbons (Fsp3) is 0.375. The van der Waals surface area contributed by atoms with E-state index < -0.39 is 0 Å². The summed E-state index contributed by atoms with van der Waals surface area (Å²) in [4.78, 5) is 7.24. The first-order valence-electron chi connectivity index (χ1n) is 4.06. The second-order valence-corrected chi connectivity index (χ2v) is 3.01. The van der Waals surface area contributed by atoms with E-state index in [0.29, 0.717) is 0 Å². The number of nitrogens with one attached hydrogen (secondary N) is 1. The molecule has 5 nitrogen and oxygen atoms in total. The van der Waals surface area contributed by atoms with Crippen LogP contribution >= 0.6 is 0 Å². The van der Waals surface area contributed by atoms with E-state index in [2.05, 4.69) is 20.2 Å². The molecule has 2 heterocycles. The Morgan fingerprint density at radius 2 is 2.08 bits per heavy atom. The second-order valence-electron chi connectivity index (χ2n) is 3.01. The molecular weight excluding hydrogens is 166 g/mol. The first-order chi connectivity index (χ1) is 6.18. The summed E-state index contributed by atoms with van der Waals surface area (Å²) in [5, 5.41) is 7.89. The fourth-order valence-electron chi connectivity index (χ4n) is 1.18. The molecule has 2 aromatic rings. The Labute approximate surface area is 75.8 Å². The van der Waals surface area contributed by atoms with Gasteiger partial charge in [0.05, 0.1) is 6.20 Å². The van der Waals surface area contributed by atoms with Crippen molar-refractivity contribution >= 4 is 0 Å². The third-order valence-electron chi connectivity index (χ3n) is 2.06. The van der Waals surface area contributed by atoms with Gasteiger partial charge in [-0.3, -0.25) is 0 Å². The predicted octanol–water partition coefficient (Wildman–Crippen LogP) is 0.822. The molecule has 0 fully saturated rings. The smallest absolute Gasteiger partial charge is 0.179 e. The summed E-state index contributed by atoms with van der Waals surface area (Å²) in [6.07, 6.45) is 1.79. The number of nitrogens with zero attached hydrogens (tertiary/aromatic N) is 4. The lowest BCUT2D eigenvalue weighted by atomic mass is 10.4. The minimum atomic E-state index is 0.764. The second kappa shape index (κ2) is 2.69. The normalized spacial score (nSPS) is 10.7. The molecule has 0 aliphatic rings. The first kappa shape index (κ1) is 7.97. The first-order valence-corrected chi connectivity index (χ1v) is 4.06. The molecule has 0 atom stereocenters. The van der Waals surface area contributed by atoms with Crippen LogP contribution in [0, 0.1) is 13.8 Å². The van der Waals surface area contributed by atoms with Gasteiger partial charge in [0.15, 0.2) is 5.82 Å². The zero-order chi connectivity index (χ0) is 9.42. The number of aromatic nitrogens is 5. The van der Waals surface area contributed by atoms with E-state index in [1.807, 2.05) is 25.5 Å². The fourth-order valence-corrected chi connectivity index (χ4v) is 1.18. The molecule has 13 heavy (non-hydrogen) atoms. The van der Waals surface area contributed by atoms with Crippen molar-refractivity contribution < 1.29 is 0 Å². The van der Waals surface area contributed by atoms with Gasteiger partial charge in [0.1, 0.15) is 17.3 Å².